The molecule has 1 aliphatic rings. The Morgan fingerprint density at radius 1 is 1.13 bits per heavy atom. The van der Waals surface area contributed by atoms with Crippen LogP contribution in [0, 0.1) is 5.82 Å². The van der Waals surface area contributed by atoms with Gasteiger partial charge in [-0.3, -0.25) is 4.79 Å². The van der Waals surface area contributed by atoms with Crippen LogP contribution in [0.25, 0.3) is 10.9 Å². The molecule has 0 spiro atoms. The van der Waals surface area contributed by atoms with Gasteiger partial charge in [-0.05, 0) is 90.7 Å². The molecule has 0 bridgehead atoms. The molecule has 280 valence electrons. The number of aromatic nitrogens is 2. The van der Waals surface area contributed by atoms with E-state index in [1.165, 1.54) is 16.2 Å². The molecule has 4 aromatic rings. The normalized spacial score (nSPS) is 17.0. The lowest BCUT2D eigenvalue weighted by molar-refractivity contribution is -0.148. The molecule has 0 aliphatic carbocycles. The van der Waals surface area contributed by atoms with Crippen molar-refractivity contribution in [3.63, 3.8) is 0 Å². The van der Waals surface area contributed by atoms with E-state index >= 15 is 0 Å². The quantitative estimate of drug-likeness (QED) is 0.105. The van der Waals surface area contributed by atoms with Gasteiger partial charge in [0, 0.05) is 28.5 Å². The summed E-state index contributed by atoms with van der Waals surface area (Å²) in [5, 5.41) is 0.471. The molecule has 2 aromatic carbocycles. The number of esters is 1. The maximum Gasteiger partial charge on any atom is 0.495 e. The lowest BCUT2D eigenvalue weighted by Crippen LogP contribution is -2.41. The number of hydrogen-bond donors (Lipinski definition) is 1. The van der Waals surface area contributed by atoms with Crippen LogP contribution in [0.2, 0.25) is 5.02 Å². The second-order valence-electron chi connectivity index (χ2n) is 14.8. The summed E-state index contributed by atoms with van der Waals surface area (Å²) in [6.45, 7) is 14.6. The zero-order valence-electron chi connectivity index (χ0n) is 30.7. The summed E-state index contributed by atoms with van der Waals surface area (Å²) in [6.07, 6.45) is 1.61. The summed E-state index contributed by atoms with van der Waals surface area (Å²) in [5.41, 5.74) is 1.27. The van der Waals surface area contributed by atoms with Crippen LogP contribution in [0.5, 0.6) is 5.75 Å². The van der Waals surface area contributed by atoms with Gasteiger partial charge in [-0.15, -0.1) is 4.72 Å². The first-order valence-electron chi connectivity index (χ1n) is 16.7. The molecule has 3 heterocycles. The van der Waals surface area contributed by atoms with E-state index in [2.05, 4.69) is 9.71 Å². The number of pyridine rings is 1. The average molecular weight is 776 g/mol. The van der Waals surface area contributed by atoms with E-state index in [1.807, 2.05) is 33.8 Å². The Hall–Kier alpha value is -3.18. The van der Waals surface area contributed by atoms with E-state index in [9.17, 15) is 22.2 Å². The first kappa shape index (κ1) is 40.0. The Balaban J connectivity index is 1.33. The third-order valence-corrected chi connectivity index (χ3v) is 11.9. The number of hydrogen-bond acceptors (Lipinski definition) is 10. The zero-order chi connectivity index (χ0) is 38.4. The minimum Gasteiger partial charge on any atom is -0.598 e. The Labute approximate surface area is 313 Å². The summed E-state index contributed by atoms with van der Waals surface area (Å²) in [7, 11) is -4.38. The van der Waals surface area contributed by atoms with E-state index in [0.29, 0.717) is 33.2 Å². The third kappa shape index (κ3) is 8.78. The number of benzene rings is 2. The van der Waals surface area contributed by atoms with Crippen molar-refractivity contribution in [2.24, 2.45) is 0 Å². The largest absolute Gasteiger partial charge is 0.598 e. The molecule has 2 aromatic heterocycles. The topological polar surface area (TPSA) is 141 Å². The zero-order valence-corrected chi connectivity index (χ0v) is 33.1. The van der Waals surface area contributed by atoms with Crippen LogP contribution in [-0.4, -0.2) is 57.2 Å². The fourth-order valence-corrected chi connectivity index (χ4v) is 7.21. The second-order valence-corrected chi connectivity index (χ2v) is 19.1. The first-order chi connectivity index (χ1) is 24.1. The maximum atomic E-state index is 14.8. The number of carbonyl (C=O) groups is 1. The van der Waals surface area contributed by atoms with Gasteiger partial charge in [-0.1, -0.05) is 35.9 Å². The minimum absolute atomic E-state index is 0.0364. The van der Waals surface area contributed by atoms with Crippen molar-refractivity contribution in [3.05, 3.63) is 88.1 Å². The molecule has 1 aliphatic heterocycles. The van der Waals surface area contributed by atoms with Crippen molar-refractivity contribution in [2.75, 3.05) is 6.26 Å². The van der Waals surface area contributed by atoms with Crippen LogP contribution >= 0.6 is 11.6 Å². The Kier molecular flexibility index (Phi) is 11.5. The number of nitrogens with zero attached hydrogens (tertiary/aromatic N) is 2. The van der Waals surface area contributed by atoms with Gasteiger partial charge in [-0.25, -0.2) is 21.8 Å². The lowest BCUT2D eigenvalue weighted by atomic mass is 9.76. The first-order valence-corrected chi connectivity index (χ1v) is 20.1. The Morgan fingerprint density at radius 2 is 1.79 bits per heavy atom. The average Bonchev–Trinajstić information content (AvgIpc) is 3.57. The lowest BCUT2D eigenvalue weighted by Gasteiger charge is -2.32. The molecule has 52 heavy (non-hydrogen) atoms. The van der Waals surface area contributed by atoms with Gasteiger partial charge < -0.3 is 23.3 Å². The molecule has 1 saturated heterocycles. The highest BCUT2D eigenvalue weighted by Gasteiger charge is 2.52. The van der Waals surface area contributed by atoms with Gasteiger partial charge in [0.1, 0.15) is 23.2 Å². The van der Waals surface area contributed by atoms with Crippen LogP contribution in [0.4, 0.5) is 4.39 Å². The van der Waals surface area contributed by atoms with E-state index in [0.717, 1.165) is 6.26 Å². The number of fused-ring (bicyclic) bond motifs is 1. The highest BCUT2D eigenvalue weighted by molar-refractivity contribution is 7.90. The molecule has 0 radical (unpaired) electrons. The van der Waals surface area contributed by atoms with E-state index < -0.39 is 62.3 Å². The molecule has 16 heteroatoms. The van der Waals surface area contributed by atoms with Crippen molar-refractivity contribution >= 4 is 62.4 Å². The van der Waals surface area contributed by atoms with Gasteiger partial charge in [0.25, 0.3) is 0 Å². The summed E-state index contributed by atoms with van der Waals surface area (Å²) in [4.78, 5) is 17.5. The Bertz CT molecular complexity index is 2070. The van der Waals surface area contributed by atoms with Gasteiger partial charge in [0.05, 0.1) is 52.4 Å². The predicted octanol–water partition coefficient (Wildman–Crippen LogP) is 5.91. The van der Waals surface area contributed by atoms with Gasteiger partial charge in [0.15, 0.2) is 5.82 Å². The number of carbonyl (C=O) groups excluding carboxylic acids is 1. The van der Waals surface area contributed by atoms with E-state index in [1.54, 1.807) is 64.1 Å². The van der Waals surface area contributed by atoms with Gasteiger partial charge >= 0.3 is 13.1 Å². The van der Waals surface area contributed by atoms with Crippen LogP contribution in [0.3, 0.4) is 0 Å². The van der Waals surface area contributed by atoms with Gasteiger partial charge in [0.2, 0.25) is 10.0 Å². The number of para-hydroxylation sites is 1. The number of rotatable bonds is 12. The summed E-state index contributed by atoms with van der Waals surface area (Å²) < 4.78 is 80.5. The molecule has 0 saturated carbocycles. The molecule has 5 rings (SSSR count). The van der Waals surface area contributed by atoms with E-state index in [-0.39, 0.29) is 36.0 Å². The monoisotopic (exact) mass is 775 g/mol. The number of halogens is 2. The second kappa shape index (κ2) is 14.9. The van der Waals surface area contributed by atoms with Crippen molar-refractivity contribution in [1.82, 2.24) is 13.7 Å². The molecular weight excluding hydrogens is 732 g/mol. The molecule has 0 amide bonds. The Morgan fingerprint density at radius 3 is 2.42 bits per heavy atom. The third-order valence-electron chi connectivity index (χ3n) is 9.08. The van der Waals surface area contributed by atoms with E-state index in [4.69, 9.17) is 30.4 Å². The van der Waals surface area contributed by atoms with Crippen molar-refractivity contribution in [2.45, 2.75) is 97.0 Å². The van der Waals surface area contributed by atoms with Crippen LogP contribution < -0.4 is 14.9 Å². The molecular formula is C36H44BClFN3O8S2. The van der Waals surface area contributed by atoms with Crippen LogP contribution in [-0.2, 0) is 59.8 Å². The summed E-state index contributed by atoms with van der Waals surface area (Å²) in [6, 6.07) is 13.6. The van der Waals surface area contributed by atoms with Crippen LogP contribution in [0.15, 0.2) is 54.7 Å². The fraction of sp³-hybridized carbons (Fsp3) is 0.444. The molecule has 11 nitrogen and oxygen atoms in total. The minimum atomic E-state index is -3.63. The van der Waals surface area contributed by atoms with Crippen molar-refractivity contribution < 1.29 is 40.9 Å². The number of nitrogens with one attached hydrogen (secondary N) is 1. The SMILES string of the molecule is CC(OC(=O)Cc1ccccc1OCc1cc(B2OC(C)(C)C(C)(C)O2)c2ccn(S(C)(=O)=O)c2c1)c1cc(Cl)c(F)c(CN[S+]([O-])C(C)(C)C)n1. The van der Waals surface area contributed by atoms with Crippen molar-refractivity contribution in [1.29, 1.82) is 0 Å². The summed E-state index contributed by atoms with van der Waals surface area (Å²) in [5.74, 6) is -0.916. The fourth-order valence-electron chi connectivity index (χ4n) is 5.49. The maximum absolute atomic E-state index is 14.8. The molecule has 1 N–H and O–H groups in total. The predicted molar refractivity (Wildman–Crippen MR) is 201 cm³/mol. The standard InChI is InChI=1S/C36H44BClFN3O8S2/c1-22(28-19-27(38)33(39)29(41-28)20-40-51(44)34(2,3)4)48-32(43)18-24-12-10-11-13-31(24)47-21-23-16-26(37-49-35(5,6)36(7,8)50-37)25-14-15-42(30(25)17-23)52(9,45)46/h10-17,19,22,40H,18,20-21H2,1-9H3. The van der Waals surface area contributed by atoms with Gasteiger partial charge in [-0.2, -0.15) is 0 Å². The van der Waals surface area contributed by atoms with Crippen molar-refractivity contribution in [3.8, 4) is 5.75 Å². The molecule has 2 unspecified atom stereocenters. The highest BCUT2D eigenvalue weighted by atomic mass is 35.5. The number of ether oxygens (including phenoxy) is 2. The van der Waals surface area contributed by atoms with Crippen LogP contribution in [0.1, 0.15) is 84.0 Å². The smallest absolute Gasteiger partial charge is 0.495 e. The molecule has 2 atom stereocenters. The highest BCUT2D eigenvalue weighted by Crippen LogP contribution is 2.37. The molecule has 1 fully saturated rings. The summed E-state index contributed by atoms with van der Waals surface area (Å²) >= 11 is 4.68.